The van der Waals surface area contributed by atoms with Crippen molar-refractivity contribution in [3.8, 4) is 0 Å². The molecule has 0 aromatic carbocycles. The van der Waals surface area contributed by atoms with Gasteiger partial charge in [0, 0.05) is 34.1 Å². The second-order valence-corrected chi connectivity index (χ2v) is 3.96. The fourth-order valence-corrected chi connectivity index (χ4v) is 1.54. The zero-order valence-corrected chi connectivity index (χ0v) is 10.9. The predicted molar refractivity (Wildman–Crippen MR) is 66.1 cm³/mol. The van der Waals surface area contributed by atoms with Gasteiger partial charge in [0.15, 0.2) is 0 Å². The average Bonchev–Trinajstić information content (AvgIpc) is 2.61. The molecule has 0 saturated carbocycles. The fraction of sp³-hybridized carbons (Fsp3) is 0.600. The zero-order valence-electron chi connectivity index (χ0n) is 10.9. The molecule has 1 aromatic heterocycles. The second-order valence-electron chi connectivity index (χ2n) is 3.96. The SMILES string of the molecule is COCCC(Nc1c([N+](=O)[O-])nc(C)n1C)C(=O)O. The minimum absolute atomic E-state index is 0.0750. The monoisotopic (exact) mass is 272 g/mol. The lowest BCUT2D eigenvalue weighted by molar-refractivity contribution is -0.388. The van der Waals surface area contributed by atoms with E-state index in [1.54, 1.807) is 14.0 Å². The number of aliphatic carboxylic acids is 1. The van der Waals surface area contributed by atoms with Crippen LogP contribution >= 0.6 is 0 Å². The molecule has 0 aliphatic rings. The molecule has 0 amide bonds. The van der Waals surface area contributed by atoms with Gasteiger partial charge >= 0.3 is 11.8 Å². The Balaban J connectivity index is 3.01. The lowest BCUT2D eigenvalue weighted by Crippen LogP contribution is -2.31. The number of methoxy groups -OCH3 is 1. The number of carboxylic acids is 1. The molecular weight excluding hydrogens is 256 g/mol. The summed E-state index contributed by atoms with van der Waals surface area (Å²) in [5, 5.41) is 22.6. The number of hydrogen-bond acceptors (Lipinski definition) is 6. The molecule has 2 N–H and O–H groups in total. The van der Waals surface area contributed by atoms with E-state index in [-0.39, 0.29) is 24.7 Å². The molecule has 0 aliphatic carbocycles. The van der Waals surface area contributed by atoms with Crippen LogP contribution in [0.15, 0.2) is 0 Å². The first-order valence-corrected chi connectivity index (χ1v) is 5.54. The van der Waals surface area contributed by atoms with Crippen molar-refractivity contribution in [1.82, 2.24) is 9.55 Å². The maximum absolute atomic E-state index is 11.1. The molecule has 1 atom stereocenters. The number of carboxylic acid groups (broad SMARTS) is 1. The number of hydrogen-bond donors (Lipinski definition) is 2. The van der Waals surface area contributed by atoms with E-state index in [0.717, 1.165) is 0 Å². The first-order chi connectivity index (χ1) is 8.88. The Morgan fingerprint density at radius 3 is 2.79 bits per heavy atom. The van der Waals surface area contributed by atoms with E-state index in [0.29, 0.717) is 5.82 Å². The highest BCUT2D eigenvalue weighted by Gasteiger charge is 2.28. The zero-order chi connectivity index (χ0) is 14.6. The van der Waals surface area contributed by atoms with Gasteiger partial charge in [-0.3, -0.25) is 4.57 Å². The van der Waals surface area contributed by atoms with Gasteiger partial charge in [-0.25, -0.2) is 4.79 Å². The van der Waals surface area contributed by atoms with Crippen LogP contribution in [0.5, 0.6) is 0 Å². The fourth-order valence-electron chi connectivity index (χ4n) is 1.54. The van der Waals surface area contributed by atoms with Crippen molar-refractivity contribution in [2.45, 2.75) is 19.4 Å². The second kappa shape index (κ2) is 6.14. The highest BCUT2D eigenvalue weighted by atomic mass is 16.6. The van der Waals surface area contributed by atoms with Crippen LogP contribution in [0, 0.1) is 17.0 Å². The summed E-state index contributed by atoms with van der Waals surface area (Å²) < 4.78 is 6.26. The average molecular weight is 272 g/mol. The van der Waals surface area contributed by atoms with E-state index < -0.39 is 16.9 Å². The maximum atomic E-state index is 11.1. The smallest absolute Gasteiger partial charge is 0.406 e. The van der Waals surface area contributed by atoms with Crippen LogP contribution in [0.4, 0.5) is 11.6 Å². The Morgan fingerprint density at radius 1 is 1.68 bits per heavy atom. The largest absolute Gasteiger partial charge is 0.480 e. The van der Waals surface area contributed by atoms with Crippen molar-refractivity contribution < 1.29 is 19.6 Å². The Labute approximate surface area is 109 Å². The number of nitro groups is 1. The van der Waals surface area contributed by atoms with Gasteiger partial charge in [0.05, 0.1) is 0 Å². The predicted octanol–water partition coefficient (Wildman–Crippen LogP) is 0.538. The van der Waals surface area contributed by atoms with Gasteiger partial charge in [-0.1, -0.05) is 0 Å². The molecule has 19 heavy (non-hydrogen) atoms. The minimum atomic E-state index is -1.11. The van der Waals surface area contributed by atoms with E-state index in [1.165, 1.54) is 11.7 Å². The molecule has 0 radical (unpaired) electrons. The van der Waals surface area contributed by atoms with Crippen LogP contribution in [0.2, 0.25) is 0 Å². The molecule has 1 heterocycles. The molecule has 1 rings (SSSR count). The van der Waals surface area contributed by atoms with Crippen LogP contribution in [0.3, 0.4) is 0 Å². The van der Waals surface area contributed by atoms with Gasteiger partial charge in [-0.2, -0.15) is 0 Å². The van der Waals surface area contributed by atoms with Crippen molar-refractivity contribution in [3.05, 3.63) is 15.9 Å². The van der Waals surface area contributed by atoms with Gasteiger partial charge in [0.2, 0.25) is 11.6 Å². The molecule has 1 aromatic rings. The summed E-state index contributed by atoms with van der Waals surface area (Å²) in [6.45, 7) is 1.83. The molecular formula is C10H16N4O5. The summed E-state index contributed by atoms with van der Waals surface area (Å²) in [4.78, 5) is 25.1. The van der Waals surface area contributed by atoms with Crippen LogP contribution in [-0.4, -0.2) is 45.3 Å². The molecule has 0 aliphatic heterocycles. The third-order valence-electron chi connectivity index (χ3n) is 2.69. The van der Waals surface area contributed by atoms with Crippen molar-refractivity contribution in [3.63, 3.8) is 0 Å². The number of imidazole rings is 1. The number of aromatic nitrogens is 2. The van der Waals surface area contributed by atoms with E-state index >= 15 is 0 Å². The van der Waals surface area contributed by atoms with Gasteiger partial charge in [-0.15, -0.1) is 0 Å². The highest BCUT2D eigenvalue weighted by molar-refractivity contribution is 5.77. The van der Waals surface area contributed by atoms with E-state index in [1.807, 2.05) is 0 Å². The molecule has 0 saturated heterocycles. The Kier molecular flexibility index (Phi) is 4.81. The minimum Gasteiger partial charge on any atom is -0.480 e. The normalized spacial score (nSPS) is 12.2. The van der Waals surface area contributed by atoms with Crippen molar-refractivity contribution in [2.24, 2.45) is 7.05 Å². The van der Waals surface area contributed by atoms with Crippen LogP contribution < -0.4 is 5.32 Å². The van der Waals surface area contributed by atoms with Crippen LogP contribution in [0.25, 0.3) is 0 Å². The van der Waals surface area contributed by atoms with Crippen molar-refractivity contribution >= 4 is 17.6 Å². The number of rotatable bonds is 7. The van der Waals surface area contributed by atoms with Gasteiger partial charge in [0.1, 0.15) is 6.04 Å². The summed E-state index contributed by atoms with van der Waals surface area (Å²) in [7, 11) is 3.03. The topological polar surface area (TPSA) is 120 Å². The van der Waals surface area contributed by atoms with Gasteiger partial charge in [-0.05, 0) is 9.91 Å². The lowest BCUT2D eigenvalue weighted by atomic mass is 10.2. The van der Waals surface area contributed by atoms with Gasteiger partial charge < -0.3 is 25.3 Å². The standard InChI is InChI=1S/C10H16N4O5/c1-6-11-9(14(17)18)8(13(6)2)12-7(10(15)16)4-5-19-3/h7,12H,4-5H2,1-3H3,(H,15,16). The van der Waals surface area contributed by atoms with Crippen LogP contribution in [0.1, 0.15) is 12.2 Å². The third kappa shape index (κ3) is 3.41. The molecule has 0 fully saturated rings. The third-order valence-corrected chi connectivity index (χ3v) is 2.69. The Bertz CT molecular complexity index is 485. The molecule has 9 nitrogen and oxygen atoms in total. The number of anilines is 1. The first-order valence-electron chi connectivity index (χ1n) is 5.54. The summed E-state index contributed by atoms with van der Waals surface area (Å²) in [6, 6.07) is -0.978. The summed E-state index contributed by atoms with van der Waals surface area (Å²) in [5.74, 6) is -0.995. The highest BCUT2D eigenvalue weighted by Crippen LogP contribution is 2.24. The number of nitrogens with zero attached hydrogens (tertiary/aromatic N) is 3. The van der Waals surface area contributed by atoms with E-state index in [4.69, 9.17) is 9.84 Å². The molecule has 0 spiro atoms. The first kappa shape index (κ1) is 14.9. The summed E-state index contributed by atoms with van der Waals surface area (Å²) >= 11 is 0. The molecule has 0 bridgehead atoms. The molecule has 9 heteroatoms. The number of nitrogens with one attached hydrogen (secondary N) is 1. The number of carbonyl (C=O) groups is 1. The lowest BCUT2D eigenvalue weighted by Gasteiger charge is -2.14. The van der Waals surface area contributed by atoms with E-state index in [9.17, 15) is 14.9 Å². The number of ether oxygens (including phenoxy) is 1. The van der Waals surface area contributed by atoms with E-state index in [2.05, 4.69) is 10.3 Å². The summed E-state index contributed by atoms with van der Waals surface area (Å²) in [6.07, 6.45) is 0.188. The molecule has 106 valence electrons. The number of aryl methyl sites for hydroxylation is 1. The quantitative estimate of drug-likeness (QED) is 0.549. The Morgan fingerprint density at radius 2 is 2.32 bits per heavy atom. The Hall–Kier alpha value is -2.16. The van der Waals surface area contributed by atoms with Gasteiger partial charge in [0.25, 0.3) is 0 Å². The van der Waals surface area contributed by atoms with Crippen LogP contribution in [-0.2, 0) is 16.6 Å². The molecule has 1 unspecified atom stereocenters. The van der Waals surface area contributed by atoms with Crippen molar-refractivity contribution in [1.29, 1.82) is 0 Å². The summed E-state index contributed by atoms with van der Waals surface area (Å²) in [5.41, 5.74) is 0. The van der Waals surface area contributed by atoms with Crippen molar-refractivity contribution in [2.75, 3.05) is 19.0 Å². The maximum Gasteiger partial charge on any atom is 0.406 e.